The van der Waals surface area contributed by atoms with Crippen LogP contribution >= 0.6 is 0 Å². The second-order valence-corrected chi connectivity index (χ2v) is 10.1. The third kappa shape index (κ3) is 13.5. The molecule has 2 aromatic carbocycles. The lowest BCUT2D eigenvalue weighted by atomic mass is 9.89. The van der Waals surface area contributed by atoms with Crippen molar-refractivity contribution in [2.45, 2.75) is 69.5 Å². The second-order valence-electron chi connectivity index (χ2n) is 10.1. The summed E-state index contributed by atoms with van der Waals surface area (Å²) in [6, 6.07) is 12.9. The molecule has 0 radical (unpaired) electrons. The molecule has 12 nitrogen and oxygen atoms in total. The molecule has 2 rings (SSSR count). The molecule has 0 aliphatic heterocycles. The zero-order valence-corrected chi connectivity index (χ0v) is 24.3. The minimum atomic E-state index is -2.41. The van der Waals surface area contributed by atoms with Crippen molar-refractivity contribution in [1.29, 1.82) is 0 Å². The number of ketones is 1. The van der Waals surface area contributed by atoms with Crippen LogP contribution in [0.2, 0.25) is 0 Å². The standard InChI is InChI=1S/C31H46N8O4/c32-16-8-7-14-26(28(34)41)39-29(42)23(18-21-10-3-1-4-11-21)20-27(40)25(15-9-17-37-31(35)36)38-30(43)24(33)19-22-12-5-2-6-13-22/h1-6,10-13,23-26H,7-9,14-20,32-33H2,(H2,34,41)(H,38,43)(H,39,42)(H4,35,36,37)/t23-,24+,25-,26+/m1/s1/i16D2,23D,26D. The Morgan fingerprint density at radius 2 is 1.42 bits per heavy atom. The fourth-order valence-corrected chi connectivity index (χ4v) is 4.30. The minimum Gasteiger partial charge on any atom is -0.370 e. The van der Waals surface area contributed by atoms with E-state index >= 15 is 0 Å². The molecule has 0 aromatic heterocycles. The monoisotopic (exact) mass is 598 g/mol. The molecule has 234 valence electrons. The summed E-state index contributed by atoms with van der Waals surface area (Å²) < 4.78 is 32.8. The molecule has 0 bridgehead atoms. The summed E-state index contributed by atoms with van der Waals surface area (Å²) in [6.45, 7) is -1.93. The van der Waals surface area contributed by atoms with Gasteiger partial charge in [-0.1, -0.05) is 60.7 Å². The average molecular weight is 599 g/mol. The van der Waals surface area contributed by atoms with Gasteiger partial charge in [0, 0.05) is 23.0 Å². The first-order chi connectivity index (χ1) is 21.9. The third-order valence-corrected chi connectivity index (χ3v) is 6.56. The molecule has 43 heavy (non-hydrogen) atoms. The molecule has 0 saturated carbocycles. The molecule has 0 aliphatic rings. The number of primary amides is 1. The number of aliphatic imine (C=N–C) groups is 1. The molecular weight excluding hydrogens is 548 g/mol. The number of rotatable bonds is 20. The molecule has 0 saturated heterocycles. The van der Waals surface area contributed by atoms with E-state index in [1.807, 2.05) is 30.3 Å². The zero-order valence-electron chi connectivity index (χ0n) is 28.3. The maximum absolute atomic E-state index is 13.8. The summed E-state index contributed by atoms with van der Waals surface area (Å²) >= 11 is 0. The molecule has 2 aromatic rings. The molecule has 0 heterocycles. The molecule has 4 atom stereocenters. The van der Waals surface area contributed by atoms with Crippen molar-refractivity contribution in [1.82, 2.24) is 10.6 Å². The fourth-order valence-electron chi connectivity index (χ4n) is 4.30. The zero-order chi connectivity index (χ0) is 35.3. The number of guanidine groups is 1. The molecule has 0 spiro atoms. The van der Waals surface area contributed by atoms with Gasteiger partial charge >= 0.3 is 0 Å². The van der Waals surface area contributed by atoms with Gasteiger partial charge in [-0.05, 0) is 62.6 Å². The number of benzene rings is 2. The van der Waals surface area contributed by atoms with Crippen LogP contribution in [0.3, 0.4) is 0 Å². The van der Waals surface area contributed by atoms with Crippen LogP contribution in [0.4, 0.5) is 0 Å². The number of hydrogen-bond donors (Lipinski definition) is 7. The lowest BCUT2D eigenvalue weighted by molar-refractivity contribution is -0.133. The summed E-state index contributed by atoms with van der Waals surface area (Å²) in [5.41, 5.74) is 29.1. The predicted octanol–water partition coefficient (Wildman–Crippen LogP) is 0.0120. The minimum absolute atomic E-state index is 0.0627. The maximum atomic E-state index is 13.8. The van der Waals surface area contributed by atoms with Crippen molar-refractivity contribution in [2.24, 2.45) is 39.6 Å². The maximum Gasteiger partial charge on any atom is 0.239 e. The van der Waals surface area contributed by atoms with Crippen molar-refractivity contribution in [3.8, 4) is 0 Å². The van der Waals surface area contributed by atoms with E-state index in [9.17, 15) is 20.5 Å². The van der Waals surface area contributed by atoms with Crippen LogP contribution in [-0.2, 0) is 32.0 Å². The molecule has 12 N–H and O–H groups in total. The van der Waals surface area contributed by atoms with Crippen molar-refractivity contribution in [3.05, 3.63) is 71.8 Å². The Bertz CT molecular complexity index is 1380. The first-order valence-electron chi connectivity index (χ1n) is 16.1. The number of nitrogens with one attached hydrogen (secondary N) is 2. The van der Waals surface area contributed by atoms with Gasteiger partial charge in [0.1, 0.15) is 6.02 Å². The highest BCUT2D eigenvalue weighted by Crippen LogP contribution is 2.17. The smallest absolute Gasteiger partial charge is 0.239 e. The normalized spacial score (nSPS) is 16.8. The van der Waals surface area contributed by atoms with Gasteiger partial charge < -0.3 is 39.3 Å². The van der Waals surface area contributed by atoms with Crippen LogP contribution < -0.4 is 39.3 Å². The van der Waals surface area contributed by atoms with Crippen molar-refractivity contribution < 1.29 is 24.7 Å². The highest BCUT2D eigenvalue weighted by Gasteiger charge is 2.30. The Morgan fingerprint density at radius 1 is 0.814 bits per heavy atom. The number of nitrogens with two attached hydrogens (primary N) is 5. The van der Waals surface area contributed by atoms with Gasteiger partial charge in [-0.15, -0.1) is 0 Å². The fraction of sp³-hybridized carbons (Fsp3) is 0.452. The second kappa shape index (κ2) is 19.0. The van der Waals surface area contributed by atoms with Crippen LogP contribution in [0.15, 0.2) is 65.7 Å². The number of amides is 3. The first kappa shape index (κ1) is 28.8. The highest BCUT2D eigenvalue weighted by atomic mass is 16.2. The Labute approximate surface area is 258 Å². The van der Waals surface area contributed by atoms with Crippen LogP contribution in [0.1, 0.15) is 55.1 Å². The van der Waals surface area contributed by atoms with Gasteiger partial charge in [0.05, 0.1) is 13.5 Å². The Kier molecular flexibility index (Phi) is 12.7. The third-order valence-electron chi connectivity index (χ3n) is 6.56. The van der Waals surface area contributed by atoms with Crippen molar-refractivity contribution in [2.75, 3.05) is 13.0 Å². The number of carbonyl (C=O) groups is 4. The summed E-state index contributed by atoms with van der Waals surface area (Å²) in [7, 11) is 0. The summed E-state index contributed by atoms with van der Waals surface area (Å²) in [5.74, 6) is -6.03. The number of carbonyl (C=O) groups excluding carboxylic acids is 4. The Hall–Kier alpha value is -4.29. The lowest BCUT2D eigenvalue weighted by Gasteiger charge is -2.24. The number of nitrogens with zero attached hydrogens (tertiary/aromatic N) is 1. The molecular formula is C31H46N8O4. The van der Waals surface area contributed by atoms with E-state index in [2.05, 4.69) is 15.6 Å². The van der Waals surface area contributed by atoms with Crippen molar-refractivity contribution >= 4 is 29.5 Å². The van der Waals surface area contributed by atoms with Gasteiger partial charge in [0.2, 0.25) is 17.7 Å². The Balaban J connectivity index is 2.35. The molecule has 0 aliphatic carbocycles. The highest BCUT2D eigenvalue weighted by molar-refractivity contribution is 5.94. The van der Waals surface area contributed by atoms with Gasteiger partial charge in [0.25, 0.3) is 0 Å². The SMILES string of the molecule is [2H]C([2H])(N)CCC[C@]([2H])(NC(=O)[C@@]([2H])(CC(=O)[C@@H](CCCN=C(N)N)NC(=O)[C@@H](N)Cc1ccccc1)Cc1ccccc1)C(N)=O. The summed E-state index contributed by atoms with van der Waals surface area (Å²) in [6.07, 6.45) is -1.15. The molecule has 12 heteroatoms. The van der Waals surface area contributed by atoms with E-state index in [1.54, 1.807) is 30.3 Å². The van der Waals surface area contributed by atoms with E-state index in [0.29, 0.717) is 5.56 Å². The topological polar surface area (TPSA) is 235 Å². The van der Waals surface area contributed by atoms with E-state index in [1.165, 1.54) is 0 Å². The molecule has 0 fully saturated rings. The predicted molar refractivity (Wildman–Crippen MR) is 167 cm³/mol. The van der Waals surface area contributed by atoms with E-state index in [-0.39, 0.29) is 57.5 Å². The quantitative estimate of drug-likeness (QED) is 0.0621. The largest absolute Gasteiger partial charge is 0.370 e. The van der Waals surface area contributed by atoms with Crippen molar-refractivity contribution in [3.63, 3.8) is 0 Å². The van der Waals surface area contributed by atoms with E-state index in [0.717, 1.165) is 5.56 Å². The average Bonchev–Trinajstić information content (AvgIpc) is 2.98. The lowest BCUT2D eigenvalue weighted by Crippen LogP contribution is -2.51. The Morgan fingerprint density at radius 3 is 1.98 bits per heavy atom. The van der Waals surface area contributed by atoms with Crippen LogP contribution in [0.5, 0.6) is 0 Å². The van der Waals surface area contributed by atoms with E-state index in [4.69, 9.17) is 32.8 Å². The summed E-state index contributed by atoms with van der Waals surface area (Å²) in [4.78, 5) is 56.9. The van der Waals surface area contributed by atoms with Gasteiger partial charge in [-0.3, -0.25) is 24.2 Å². The van der Waals surface area contributed by atoms with Gasteiger partial charge in [-0.25, -0.2) is 0 Å². The first-order valence-corrected chi connectivity index (χ1v) is 14.1. The molecule has 3 amide bonds. The van der Waals surface area contributed by atoms with Crippen LogP contribution in [-0.4, -0.2) is 60.6 Å². The number of Topliss-reactive ketones (excluding diaryl/α,β-unsaturated/α-hetero) is 1. The van der Waals surface area contributed by atoms with E-state index < -0.39 is 60.4 Å². The van der Waals surface area contributed by atoms with Gasteiger partial charge in [-0.2, -0.15) is 0 Å². The van der Waals surface area contributed by atoms with Crippen LogP contribution in [0.25, 0.3) is 0 Å². The number of hydrogen-bond acceptors (Lipinski definition) is 7. The summed E-state index contributed by atoms with van der Waals surface area (Å²) in [5, 5.41) is 4.89. The van der Waals surface area contributed by atoms with Gasteiger partial charge in [0.15, 0.2) is 11.7 Å². The molecule has 0 unspecified atom stereocenters. The van der Waals surface area contributed by atoms with Crippen LogP contribution in [0, 0.1) is 5.89 Å².